The van der Waals surface area contributed by atoms with Crippen LogP contribution in [0.25, 0.3) is 10.9 Å². The first kappa shape index (κ1) is 15.2. The molecule has 2 aromatic heterocycles. The number of aliphatic hydroxyl groups is 1. The zero-order valence-corrected chi connectivity index (χ0v) is 13.0. The standard InChI is InChI=1S/C18H14FN5O/c19-12-7-5-11(6-8-12)16(25)18-21-14-4-2-1-3-13(14)17(23-18)22-15-9-10-20-24-15/h1-10,16,25H,(H2,20,21,22,23,24)/t16-/m1/s1. The van der Waals surface area contributed by atoms with Crippen LogP contribution < -0.4 is 5.32 Å². The molecule has 0 radical (unpaired) electrons. The normalized spacial score (nSPS) is 12.2. The molecular weight excluding hydrogens is 321 g/mol. The van der Waals surface area contributed by atoms with E-state index in [-0.39, 0.29) is 11.6 Å². The van der Waals surface area contributed by atoms with Gasteiger partial charge in [0.25, 0.3) is 0 Å². The third kappa shape index (κ3) is 3.05. The number of aromatic nitrogens is 4. The SMILES string of the molecule is O[C@H](c1ccc(F)cc1)c1nc(Nc2ccn[nH]2)c2ccccc2n1. The Hall–Kier alpha value is -3.32. The fraction of sp³-hybridized carbons (Fsp3) is 0.0556. The smallest absolute Gasteiger partial charge is 0.164 e. The van der Waals surface area contributed by atoms with Crippen molar-refractivity contribution in [1.82, 2.24) is 20.2 Å². The largest absolute Gasteiger partial charge is 0.380 e. The maximum absolute atomic E-state index is 13.1. The summed E-state index contributed by atoms with van der Waals surface area (Å²) in [4.78, 5) is 8.90. The number of aliphatic hydroxyl groups excluding tert-OH is 1. The molecule has 4 aromatic rings. The number of aromatic amines is 1. The van der Waals surface area contributed by atoms with Crippen LogP contribution in [0.3, 0.4) is 0 Å². The number of nitrogens with zero attached hydrogens (tertiary/aromatic N) is 3. The van der Waals surface area contributed by atoms with Gasteiger partial charge in [0.05, 0.1) is 11.7 Å². The Kier molecular flexibility index (Phi) is 3.83. The molecule has 0 bridgehead atoms. The van der Waals surface area contributed by atoms with Crippen LogP contribution in [0.1, 0.15) is 17.5 Å². The minimum Gasteiger partial charge on any atom is -0.380 e. The lowest BCUT2D eigenvalue weighted by molar-refractivity contribution is 0.210. The van der Waals surface area contributed by atoms with E-state index in [0.29, 0.717) is 22.7 Å². The van der Waals surface area contributed by atoms with E-state index in [1.165, 1.54) is 24.3 Å². The number of hydrogen-bond donors (Lipinski definition) is 3. The molecule has 2 aromatic carbocycles. The number of anilines is 2. The second-order valence-corrected chi connectivity index (χ2v) is 5.50. The van der Waals surface area contributed by atoms with Crippen molar-refractivity contribution in [3.63, 3.8) is 0 Å². The monoisotopic (exact) mass is 335 g/mol. The van der Waals surface area contributed by atoms with Crippen molar-refractivity contribution >= 4 is 22.5 Å². The number of H-pyrrole nitrogens is 1. The highest BCUT2D eigenvalue weighted by molar-refractivity contribution is 5.90. The van der Waals surface area contributed by atoms with Gasteiger partial charge in [-0.05, 0) is 29.8 Å². The lowest BCUT2D eigenvalue weighted by atomic mass is 10.1. The molecule has 0 saturated heterocycles. The third-order valence-corrected chi connectivity index (χ3v) is 3.80. The highest BCUT2D eigenvalue weighted by Gasteiger charge is 2.17. The predicted molar refractivity (Wildman–Crippen MR) is 91.9 cm³/mol. The Morgan fingerprint density at radius 2 is 1.80 bits per heavy atom. The second-order valence-electron chi connectivity index (χ2n) is 5.50. The molecule has 25 heavy (non-hydrogen) atoms. The fourth-order valence-electron chi connectivity index (χ4n) is 2.56. The minimum absolute atomic E-state index is 0.229. The van der Waals surface area contributed by atoms with Gasteiger partial charge in [-0.3, -0.25) is 5.10 Å². The molecule has 0 unspecified atom stereocenters. The van der Waals surface area contributed by atoms with Gasteiger partial charge in [0, 0.05) is 11.5 Å². The summed E-state index contributed by atoms with van der Waals surface area (Å²) in [5.41, 5.74) is 1.21. The van der Waals surface area contributed by atoms with Crippen LogP contribution in [0.5, 0.6) is 0 Å². The number of fused-ring (bicyclic) bond motifs is 1. The minimum atomic E-state index is -1.06. The van der Waals surface area contributed by atoms with Crippen LogP contribution in [0.2, 0.25) is 0 Å². The van der Waals surface area contributed by atoms with E-state index in [9.17, 15) is 9.50 Å². The van der Waals surface area contributed by atoms with Gasteiger partial charge in [0.2, 0.25) is 0 Å². The van der Waals surface area contributed by atoms with Crippen LogP contribution >= 0.6 is 0 Å². The summed E-state index contributed by atoms with van der Waals surface area (Å²) in [6, 6.07) is 14.9. The van der Waals surface area contributed by atoms with Gasteiger partial charge >= 0.3 is 0 Å². The average molecular weight is 335 g/mol. The summed E-state index contributed by atoms with van der Waals surface area (Å²) in [5, 5.41) is 21.3. The highest BCUT2D eigenvalue weighted by Crippen LogP contribution is 2.27. The van der Waals surface area contributed by atoms with Gasteiger partial charge in [-0.2, -0.15) is 5.10 Å². The van der Waals surface area contributed by atoms with Crippen LogP contribution in [-0.4, -0.2) is 25.3 Å². The molecule has 2 heterocycles. The van der Waals surface area contributed by atoms with E-state index in [2.05, 4.69) is 25.5 Å². The van der Waals surface area contributed by atoms with E-state index in [0.717, 1.165) is 5.39 Å². The van der Waals surface area contributed by atoms with Crippen molar-refractivity contribution in [2.45, 2.75) is 6.10 Å². The lowest BCUT2D eigenvalue weighted by Gasteiger charge is -2.13. The molecule has 0 aliphatic heterocycles. The van der Waals surface area contributed by atoms with Gasteiger partial charge in [-0.1, -0.05) is 24.3 Å². The quantitative estimate of drug-likeness (QED) is 0.532. The first-order valence-corrected chi connectivity index (χ1v) is 7.67. The van der Waals surface area contributed by atoms with Crippen molar-refractivity contribution in [3.05, 3.63) is 78.0 Å². The molecule has 0 amide bonds. The van der Waals surface area contributed by atoms with Gasteiger partial charge in [0.15, 0.2) is 5.82 Å². The molecule has 124 valence electrons. The zero-order valence-electron chi connectivity index (χ0n) is 13.0. The Morgan fingerprint density at radius 3 is 2.56 bits per heavy atom. The summed E-state index contributed by atoms with van der Waals surface area (Å²) in [6.45, 7) is 0. The number of para-hydroxylation sites is 1. The zero-order chi connectivity index (χ0) is 17.2. The molecule has 0 fully saturated rings. The summed E-state index contributed by atoms with van der Waals surface area (Å²) in [6.07, 6.45) is 0.563. The molecule has 3 N–H and O–H groups in total. The van der Waals surface area contributed by atoms with Crippen LogP contribution in [0.4, 0.5) is 16.0 Å². The molecule has 0 spiro atoms. The van der Waals surface area contributed by atoms with Crippen LogP contribution in [-0.2, 0) is 0 Å². The van der Waals surface area contributed by atoms with Crippen LogP contribution in [0.15, 0.2) is 60.8 Å². The number of rotatable bonds is 4. The van der Waals surface area contributed by atoms with Crippen LogP contribution in [0, 0.1) is 5.82 Å². The van der Waals surface area contributed by atoms with Gasteiger partial charge in [-0.25, -0.2) is 14.4 Å². The fourth-order valence-corrected chi connectivity index (χ4v) is 2.56. The maximum atomic E-state index is 13.1. The molecule has 0 saturated carbocycles. The van der Waals surface area contributed by atoms with Crippen molar-refractivity contribution in [1.29, 1.82) is 0 Å². The van der Waals surface area contributed by atoms with E-state index < -0.39 is 6.10 Å². The summed E-state index contributed by atoms with van der Waals surface area (Å²) >= 11 is 0. The average Bonchev–Trinajstić information content (AvgIpc) is 3.15. The molecule has 7 heteroatoms. The maximum Gasteiger partial charge on any atom is 0.164 e. The first-order chi connectivity index (χ1) is 12.2. The molecular formula is C18H14FN5O. The third-order valence-electron chi connectivity index (χ3n) is 3.80. The van der Waals surface area contributed by atoms with Gasteiger partial charge in [-0.15, -0.1) is 0 Å². The van der Waals surface area contributed by atoms with Crippen molar-refractivity contribution in [2.75, 3.05) is 5.32 Å². The molecule has 6 nitrogen and oxygen atoms in total. The highest BCUT2D eigenvalue weighted by atomic mass is 19.1. The van der Waals surface area contributed by atoms with Gasteiger partial charge < -0.3 is 10.4 Å². The van der Waals surface area contributed by atoms with E-state index >= 15 is 0 Å². The summed E-state index contributed by atoms with van der Waals surface area (Å²) < 4.78 is 13.1. The Labute approximate surface area is 142 Å². The van der Waals surface area contributed by atoms with Crippen molar-refractivity contribution in [3.8, 4) is 0 Å². The van der Waals surface area contributed by atoms with E-state index in [1.807, 2.05) is 24.3 Å². The topological polar surface area (TPSA) is 86.7 Å². The predicted octanol–water partition coefficient (Wildman–Crippen LogP) is 3.32. The van der Waals surface area contributed by atoms with Crippen molar-refractivity contribution in [2.24, 2.45) is 0 Å². The molecule has 4 rings (SSSR count). The molecule has 0 aliphatic rings. The van der Waals surface area contributed by atoms with E-state index in [1.54, 1.807) is 12.3 Å². The van der Waals surface area contributed by atoms with E-state index in [4.69, 9.17) is 0 Å². The number of hydrogen-bond acceptors (Lipinski definition) is 5. The molecule has 0 aliphatic carbocycles. The summed E-state index contributed by atoms with van der Waals surface area (Å²) in [7, 11) is 0. The Balaban J connectivity index is 1.80. The van der Waals surface area contributed by atoms with Crippen molar-refractivity contribution < 1.29 is 9.50 Å². The number of benzene rings is 2. The summed E-state index contributed by atoms with van der Waals surface area (Å²) in [5.74, 6) is 1.08. The first-order valence-electron chi connectivity index (χ1n) is 7.67. The lowest BCUT2D eigenvalue weighted by Crippen LogP contribution is -2.08. The number of nitrogens with one attached hydrogen (secondary N) is 2. The van der Waals surface area contributed by atoms with Gasteiger partial charge in [0.1, 0.15) is 23.6 Å². The molecule has 1 atom stereocenters. The Morgan fingerprint density at radius 1 is 1.00 bits per heavy atom. The second kappa shape index (κ2) is 6.29. The Bertz CT molecular complexity index is 1000. The number of halogens is 1.